The maximum Gasteiger partial charge on any atom is 0.224 e. The molecule has 0 bridgehead atoms. The highest BCUT2D eigenvalue weighted by atomic mass is 35.5. The summed E-state index contributed by atoms with van der Waals surface area (Å²) in [7, 11) is 1.64. The van der Waals surface area contributed by atoms with Crippen molar-refractivity contribution in [2.75, 3.05) is 7.11 Å². The van der Waals surface area contributed by atoms with Gasteiger partial charge >= 0.3 is 0 Å². The molecule has 1 heterocycles. The van der Waals surface area contributed by atoms with Crippen LogP contribution in [0.15, 0.2) is 48.8 Å². The van der Waals surface area contributed by atoms with Gasteiger partial charge in [0.15, 0.2) is 0 Å². The van der Waals surface area contributed by atoms with E-state index in [2.05, 4.69) is 9.97 Å². The fourth-order valence-electron chi connectivity index (χ4n) is 1.99. The zero-order valence-corrected chi connectivity index (χ0v) is 12.2. The minimum atomic E-state index is 0.429. The lowest BCUT2D eigenvalue weighted by Gasteiger charge is -2.08. The number of hydrogen-bond donors (Lipinski definition) is 0. The lowest BCUT2D eigenvalue weighted by atomic mass is 10.2. The molecule has 0 aliphatic carbocycles. The van der Waals surface area contributed by atoms with Crippen molar-refractivity contribution in [3.05, 3.63) is 59.4 Å². The first-order chi connectivity index (χ1) is 10.3. The van der Waals surface area contributed by atoms with Crippen LogP contribution in [-0.2, 0) is 6.61 Å². The van der Waals surface area contributed by atoms with Gasteiger partial charge in [-0.1, -0.05) is 23.7 Å². The number of methoxy groups -OCH3 is 1. The molecule has 0 N–H and O–H groups in total. The Hall–Kier alpha value is -2.33. The van der Waals surface area contributed by atoms with Crippen LogP contribution in [0.5, 0.6) is 11.6 Å². The molecular formula is C16H13ClN2O2. The van der Waals surface area contributed by atoms with Crippen molar-refractivity contribution in [2.24, 2.45) is 0 Å². The third-order valence-electron chi connectivity index (χ3n) is 3.10. The van der Waals surface area contributed by atoms with Gasteiger partial charge in [0.05, 0.1) is 18.0 Å². The molecule has 4 nitrogen and oxygen atoms in total. The summed E-state index contributed by atoms with van der Waals surface area (Å²) in [5.41, 5.74) is 1.80. The smallest absolute Gasteiger partial charge is 0.224 e. The van der Waals surface area contributed by atoms with Gasteiger partial charge in [-0.05, 0) is 35.9 Å². The summed E-state index contributed by atoms with van der Waals surface area (Å²) in [6.45, 7) is 0.429. The fourth-order valence-corrected chi connectivity index (χ4v) is 2.16. The van der Waals surface area contributed by atoms with E-state index in [1.807, 2.05) is 30.3 Å². The molecule has 3 aromatic rings. The molecule has 0 spiro atoms. The third-order valence-corrected chi connectivity index (χ3v) is 3.33. The van der Waals surface area contributed by atoms with E-state index in [0.717, 1.165) is 22.2 Å². The number of rotatable bonds is 4. The van der Waals surface area contributed by atoms with Crippen molar-refractivity contribution in [3.8, 4) is 11.6 Å². The van der Waals surface area contributed by atoms with E-state index in [9.17, 15) is 0 Å². The van der Waals surface area contributed by atoms with Crippen molar-refractivity contribution in [1.82, 2.24) is 9.97 Å². The second-order valence-corrected chi connectivity index (χ2v) is 4.91. The van der Waals surface area contributed by atoms with Gasteiger partial charge in [0.25, 0.3) is 0 Å². The van der Waals surface area contributed by atoms with Gasteiger partial charge in [-0.3, -0.25) is 0 Å². The summed E-state index contributed by atoms with van der Waals surface area (Å²) >= 11 is 5.96. The minimum Gasteiger partial charge on any atom is -0.497 e. The molecule has 0 fully saturated rings. The number of nitrogens with zero attached hydrogens (tertiary/aromatic N) is 2. The Bertz CT molecular complexity index is 760. The molecule has 0 amide bonds. The van der Waals surface area contributed by atoms with Crippen LogP contribution in [0.2, 0.25) is 5.02 Å². The molecule has 1 aromatic heterocycles. The van der Waals surface area contributed by atoms with Crippen LogP contribution in [0.1, 0.15) is 5.56 Å². The van der Waals surface area contributed by atoms with Gasteiger partial charge < -0.3 is 9.47 Å². The summed E-state index contributed by atoms with van der Waals surface area (Å²) in [6, 6.07) is 13.2. The average molecular weight is 301 g/mol. The van der Waals surface area contributed by atoms with Crippen LogP contribution in [-0.4, -0.2) is 17.1 Å². The summed E-state index contributed by atoms with van der Waals surface area (Å²) in [6.07, 6.45) is 1.47. The summed E-state index contributed by atoms with van der Waals surface area (Å²) < 4.78 is 10.9. The van der Waals surface area contributed by atoms with Crippen LogP contribution in [0.4, 0.5) is 0 Å². The van der Waals surface area contributed by atoms with E-state index in [-0.39, 0.29) is 0 Å². The molecule has 0 aliphatic heterocycles. The Morgan fingerprint density at radius 3 is 2.62 bits per heavy atom. The molecule has 3 rings (SSSR count). The highest BCUT2D eigenvalue weighted by Gasteiger charge is 2.06. The number of aromatic nitrogens is 2. The summed E-state index contributed by atoms with van der Waals surface area (Å²) in [5.74, 6) is 1.37. The van der Waals surface area contributed by atoms with Crippen molar-refractivity contribution in [3.63, 3.8) is 0 Å². The molecule has 2 aromatic carbocycles. The monoisotopic (exact) mass is 300 g/mol. The molecule has 0 unspecified atom stereocenters. The van der Waals surface area contributed by atoms with Crippen LogP contribution in [0.3, 0.4) is 0 Å². The number of fused-ring (bicyclic) bond motifs is 1. The molecule has 21 heavy (non-hydrogen) atoms. The minimum absolute atomic E-state index is 0.429. The molecule has 0 radical (unpaired) electrons. The topological polar surface area (TPSA) is 44.2 Å². The maximum atomic E-state index is 5.96. The highest BCUT2D eigenvalue weighted by Crippen LogP contribution is 2.24. The van der Waals surface area contributed by atoms with Crippen molar-refractivity contribution < 1.29 is 9.47 Å². The number of hydrogen-bond acceptors (Lipinski definition) is 4. The Morgan fingerprint density at radius 2 is 1.86 bits per heavy atom. The van der Waals surface area contributed by atoms with E-state index < -0.39 is 0 Å². The van der Waals surface area contributed by atoms with Crippen molar-refractivity contribution in [1.29, 1.82) is 0 Å². The Morgan fingerprint density at radius 1 is 1.05 bits per heavy atom. The van der Waals surface area contributed by atoms with Crippen molar-refractivity contribution in [2.45, 2.75) is 6.61 Å². The second kappa shape index (κ2) is 5.97. The molecule has 0 aliphatic rings. The first kappa shape index (κ1) is 13.6. The van der Waals surface area contributed by atoms with Crippen LogP contribution in [0, 0.1) is 0 Å². The molecule has 0 saturated carbocycles. The van der Waals surface area contributed by atoms with Gasteiger partial charge in [0.2, 0.25) is 5.88 Å². The summed E-state index contributed by atoms with van der Waals surface area (Å²) in [5, 5.41) is 1.48. The van der Waals surface area contributed by atoms with Gasteiger partial charge in [0.1, 0.15) is 18.7 Å². The normalized spacial score (nSPS) is 10.6. The maximum absolute atomic E-state index is 5.96. The summed E-state index contributed by atoms with van der Waals surface area (Å²) in [4.78, 5) is 8.37. The van der Waals surface area contributed by atoms with Crippen LogP contribution >= 0.6 is 11.6 Å². The SMILES string of the molecule is COc1ccc(COc2ncnc3cc(Cl)ccc23)cc1. The lowest BCUT2D eigenvalue weighted by Crippen LogP contribution is -1.98. The van der Waals surface area contributed by atoms with Crippen LogP contribution < -0.4 is 9.47 Å². The van der Waals surface area contributed by atoms with E-state index in [1.165, 1.54) is 6.33 Å². The van der Waals surface area contributed by atoms with Gasteiger partial charge in [-0.15, -0.1) is 0 Å². The van der Waals surface area contributed by atoms with Crippen molar-refractivity contribution >= 4 is 22.5 Å². The highest BCUT2D eigenvalue weighted by molar-refractivity contribution is 6.31. The van der Waals surface area contributed by atoms with E-state index in [4.69, 9.17) is 21.1 Å². The zero-order valence-electron chi connectivity index (χ0n) is 11.4. The first-order valence-electron chi connectivity index (χ1n) is 6.42. The Labute approximate surface area is 127 Å². The zero-order chi connectivity index (χ0) is 14.7. The number of halogens is 1. The molecule has 106 valence electrons. The number of ether oxygens (including phenoxy) is 2. The van der Waals surface area contributed by atoms with E-state index >= 15 is 0 Å². The third kappa shape index (κ3) is 3.06. The molecule has 0 saturated heterocycles. The van der Waals surface area contributed by atoms with Gasteiger partial charge in [-0.25, -0.2) is 9.97 Å². The quantitative estimate of drug-likeness (QED) is 0.733. The average Bonchev–Trinajstić information content (AvgIpc) is 2.53. The predicted molar refractivity (Wildman–Crippen MR) is 81.9 cm³/mol. The predicted octanol–water partition coefficient (Wildman–Crippen LogP) is 3.87. The number of benzene rings is 2. The van der Waals surface area contributed by atoms with Crippen LogP contribution in [0.25, 0.3) is 10.9 Å². The second-order valence-electron chi connectivity index (χ2n) is 4.48. The van der Waals surface area contributed by atoms with Gasteiger partial charge in [-0.2, -0.15) is 0 Å². The van der Waals surface area contributed by atoms with E-state index in [0.29, 0.717) is 17.5 Å². The molecule has 5 heteroatoms. The van der Waals surface area contributed by atoms with Gasteiger partial charge in [0, 0.05) is 5.02 Å². The standard InChI is InChI=1S/C16H13ClN2O2/c1-20-13-5-2-11(3-6-13)9-21-16-14-7-4-12(17)8-15(14)18-10-19-16/h2-8,10H,9H2,1H3. The Kier molecular flexibility index (Phi) is 3.88. The molecular weight excluding hydrogens is 288 g/mol. The van der Waals surface area contributed by atoms with E-state index in [1.54, 1.807) is 19.2 Å². The first-order valence-corrected chi connectivity index (χ1v) is 6.80. The Balaban J connectivity index is 1.81. The molecule has 0 atom stereocenters. The largest absolute Gasteiger partial charge is 0.497 e. The lowest BCUT2D eigenvalue weighted by molar-refractivity contribution is 0.297. The fraction of sp³-hybridized carbons (Fsp3) is 0.125.